The summed E-state index contributed by atoms with van der Waals surface area (Å²) < 4.78 is 0. The number of aliphatic hydroxyl groups excluding tert-OH is 2. The first-order valence-corrected chi connectivity index (χ1v) is 12.4. The van der Waals surface area contributed by atoms with Crippen LogP contribution in [-0.2, 0) is 6.42 Å². The van der Waals surface area contributed by atoms with Gasteiger partial charge in [0, 0.05) is 5.92 Å². The van der Waals surface area contributed by atoms with E-state index < -0.39 is 12.1 Å². The van der Waals surface area contributed by atoms with Gasteiger partial charge in [0.1, 0.15) is 0 Å². The highest BCUT2D eigenvalue weighted by molar-refractivity contribution is 5.89. The summed E-state index contributed by atoms with van der Waals surface area (Å²) in [7, 11) is 0. The fourth-order valence-corrected chi connectivity index (χ4v) is 5.66. The number of aromatic carboxylic acids is 1. The standard InChI is InChI=1S/C28H40O4/c1-3-4-8-19(2)15-23(29)13-14-25-26-17-20(16-22(26)18-27(25)30)9-7-11-21-10-5-6-12-24(21)28(31)32/h5-6,10,12-14,16,19,22-23,25-27,29-30H,3-4,7-9,11,15,17-18H2,1-2H3,(H,31,32)/t19?,22-,23+,25-,26-,27+/m0/s1. The van der Waals surface area contributed by atoms with Gasteiger partial charge in [-0.25, -0.2) is 4.79 Å². The van der Waals surface area contributed by atoms with Gasteiger partial charge in [0.2, 0.25) is 0 Å². The molecular formula is C28H40O4. The molecule has 0 heterocycles. The number of hydrogen-bond donors (Lipinski definition) is 3. The summed E-state index contributed by atoms with van der Waals surface area (Å²) in [5.41, 5.74) is 2.74. The smallest absolute Gasteiger partial charge is 0.335 e. The minimum atomic E-state index is -0.860. The van der Waals surface area contributed by atoms with E-state index in [1.54, 1.807) is 12.1 Å². The largest absolute Gasteiger partial charge is 0.478 e. The molecule has 0 aromatic heterocycles. The van der Waals surface area contributed by atoms with Crippen molar-refractivity contribution in [1.29, 1.82) is 0 Å². The van der Waals surface area contributed by atoms with Crippen LogP contribution in [0.3, 0.4) is 0 Å². The maximum Gasteiger partial charge on any atom is 0.335 e. The summed E-state index contributed by atoms with van der Waals surface area (Å²) in [6.45, 7) is 4.40. The third-order valence-electron chi connectivity index (χ3n) is 7.39. The maximum absolute atomic E-state index is 11.4. The van der Waals surface area contributed by atoms with Crippen LogP contribution in [0.1, 0.15) is 81.1 Å². The molecule has 0 radical (unpaired) electrons. The average Bonchev–Trinajstić information content (AvgIpc) is 3.27. The van der Waals surface area contributed by atoms with Gasteiger partial charge in [-0.3, -0.25) is 0 Å². The van der Waals surface area contributed by atoms with Crippen molar-refractivity contribution in [2.75, 3.05) is 0 Å². The zero-order valence-electron chi connectivity index (χ0n) is 19.6. The van der Waals surface area contributed by atoms with Crippen molar-refractivity contribution >= 4 is 5.97 Å². The third kappa shape index (κ3) is 6.55. The topological polar surface area (TPSA) is 77.8 Å². The van der Waals surface area contributed by atoms with Gasteiger partial charge in [-0.05, 0) is 67.9 Å². The molecule has 1 fully saturated rings. The predicted octanol–water partition coefficient (Wildman–Crippen LogP) is 5.78. The molecule has 2 aliphatic carbocycles. The van der Waals surface area contributed by atoms with Crippen molar-refractivity contribution in [2.24, 2.45) is 23.7 Å². The van der Waals surface area contributed by atoms with Gasteiger partial charge in [0.25, 0.3) is 0 Å². The molecule has 1 saturated carbocycles. The van der Waals surface area contributed by atoms with Crippen molar-refractivity contribution < 1.29 is 20.1 Å². The van der Waals surface area contributed by atoms with Gasteiger partial charge in [-0.2, -0.15) is 0 Å². The van der Waals surface area contributed by atoms with Gasteiger partial charge in [0.15, 0.2) is 0 Å². The molecule has 1 aromatic carbocycles. The molecule has 0 aliphatic heterocycles. The van der Waals surface area contributed by atoms with E-state index in [9.17, 15) is 20.1 Å². The number of aryl methyl sites for hydroxylation is 1. The van der Waals surface area contributed by atoms with Gasteiger partial charge in [-0.1, -0.05) is 75.1 Å². The monoisotopic (exact) mass is 440 g/mol. The quantitative estimate of drug-likeness (QED) is 0.360. The average molecular weight is 441 g/mol. The molecule has 3 rings (SSSR count). The number of unbranched alkanes of at least 4 members (excludes halogenated alkanes) is 1. The molecule has 176 valence electrons. The van der Waals surface area contributed by atoms with E-state index in [0.29, 0.717) is 23.3 Å². The zero-order valence-corrected chi connectivity index (χ0v) is 19.6. The Bertz CT molecular complexity index is 811. The first kappa shape index (κ1) is 24.7. The van der Waals surface area contributed by atoms with Crippen molar-refractivity contribution in [3.05, 3.63) is 59.2 Å². The molecule has 32 heavy (non-hydrogen) atoms. The second-order valence-corrected chi connectivity index (χ2v) is 9.99. The predicted molar refractivity (Wildman–Crippen MR) is 129 cm³/mol. The lowest BCUT2D eigenvalue weighted by molar-refractivity contribution is 0.0695. The number of carbonyl (C=O) groups is 1. The van der Waals surface area contributed by atoms with Crippen LogP contribution in [0.2, 0.25) is 0 Å². The van der Waals surface area contributed by atoms with E-state index in [1.807, 2.05) is 18.2 Å². The molecule has 0 bridgehead atoms. The van der Waals surface area contributed by atoms with Crippen LogP contribution in [0.15, 0.2) is 48.1 Å². The number of fused-ring (bicyclic) bond motifs is 1. The summed E-state index contributed by atoms with van der Waals surface area (Å²) in [5, 5.41) is 30.4. The van der Waals surface area contributed by atoms with Crippen molar-refractivity contribution in [3.8, 4) is 0 Å². The van der Waals surface area contributed by atoms with E-state index in [4.69, 9.17) is 0 Å². The number of allylic oxidation sites excluding steroid dienone is 2. The molecule has 6 atom stereocenters. The number of rotatable bonds is 12. The SMILES string of the molecule is CCCCC(C)C[C@H](O)C=C[C@H]1[C@H]2CC(CCCc3ccccc3C(=O)O)=C[C@H]2C[C@H]1O. The van der Waals surface area contributed by atoms with Crippen molar-refractivity contribution in [1.82, 2.24) is 0 Å². The Balaban J connectivity index is 1.49. The second kappa shape index (κ2) is 11.8. The molecule has 1 aromatic rings. The summed E-state index contributed by atoms with van der Waals surface area (Å²) in [5.74, 6) is 0.610. The fourth-order valence-electron chi connectivity index (χ4n) is 5.66. The molecule has 0 spiro atoms. The van der Waals surface area contributed by atoms with Crippen LogP contribution < -0.4 is 0 Å². The van der Waals surface area contributed by atoms with E-state index in [-0.39, 0.29) is 12.0 Å². The zero-order chi connectivity index (χ0) is 23.1. The molecule has 0 amide bonds. The van der Waals surface area contributed by atoms with Gasteiger partial charge in [0.05, 0.1) is 17.8 Å². The minimum Gasteiger partial charge on any atom is -0.478 e. The first-order valence-electron chi connectivity index (χ1n) is 12.4. The molecule has 4 heteroatoms. The van der Waals surface area contributed by atoms with Crippen LogP contribution in [0, 0.1) is 23.7 Å². The lowest BCUT2D eigenvalue weighted by atomic mass is 9.88. The fraction of sp³-hybridized carbons (Fsp3) is 0.607. The number of aliphatic hydroxyl groups is 2. The first-order chi connectivity index (χ1) is 15.4. The number of carboxylic acid groups (broad SMARTS) is 1. The molecule has 2 aliphatic rings. The van der Waals surface area contributed by atoms with Crippen LogP contribution in [-0.4, -0.2) is 33.5 Å². The van der Waals surface area contributed by atoms with E-state index in [0.717, 1.165) is 50.5 Å². The molecule has 3 N–H and O–H groups in total. The van der Waals surface area contributed by atoms with Crippen molar-refractivity contribution in [3.63, 3.8) is 0 Å². The molecule has 1 unspecified atom stereocenters. The van der Waals surface area contributed by atoms with Crippen LogP contribution in [0.5, 0.6) is 0 Å². The van der Waals surface area contributed by atoms with Crippen LogP contribution in [0.4, 0.5) is 0 Å². The Hall–Kier alpha value is -1.91. The number of hydrogen-bond acceptors (Lipinski definition) is 3. The highest BCUT2D eigenvalue weighted by Gasteiger charge is 2.43. The lowest BCUT2D eigenvalue weighted by Crippen LogP contribution is -2.18. The summed E-state index contributed by atoms with van der Waals surface area (Å²) in [6, 6.07) is 7.26. The van der Waals surface area contributed by atoms with Gasteiger partial charge in [-0.15, -0.1) is 0 Å². The summed E-state index contributed by atoms with van der Waals surface area (Å²) in [6.07, 6.45) is 14.4. The van der Waals surface area contributed by atoms with Crippen LogP contribution in [0.25, 0.3) is 0 Å². The van der Waals surface area contributed by atoms with E-state index in [1.165, 1.54) is 18.4 Å². The van der Waals surface area contributed by atoms with Crippen LogP contribution >= 0.6 is 0 Å². The Kier molecular flexibility index (Phi) is 9.12. The lowest BCUT2D eigenvalue weighted by Gasteiger charge is -2.19. The highest BCUT2D eigenvalue weighted by atomic mass is 16.4. The summed E-state index contributed by atoms with van der Waals surface area (Å²) >= 11 is 0. The van der Waals surface area contributed by atoms with E-state index in [2.05, 4.69) is 26.0 Å². The normalized spacial score (nSPS) is 26.8. The Morgan fingerprint density at radius 2 is 2.00 bits per heavy atom. The molecular weight excluding hydrogens is 400 g/mol. The van der Waals surface area contributed by atoms with Gasteiger partial charge < -0.3 is 15.3 Å². The highest BCUT2D eigenvalue weighted by Crippen LogP contribution is 2.48. The minimum absolute atomic E-state index is 0.113. The Morgan fingerprint density at radius 1 is 1.22 bits per heavy atom. The molecule has 0 saturated heterocycles. The maximum atomic E-state index is 11.4. The second-order valence-electron chi connectivity index (χ2n) is 9.99. The Labute approximate surface area is 193 Å². The third-order valence-corrected chi connectivity index (χ3v) is 7.39. The van der Waals surface area contributed by atoms with Gasteiger partial charge >= 0.3 is 5.97 Å². The van der Waals surface area contributed by atoms with E-state index >= 15 is 0 Å². The number of carboxylic acids is 1. The number of benzene rings is 1. The summed E-state index contributed by atoms with van der Waals surface area (Å²) in [4.78, 5) is 11.4. The Morgan fingerprint density at radius 3 is 2.75 bits per heavy atom. The van der Waals surface area contributed by atoms with Crippen molar-refractivity contribution in [2.45, 2.75) is 83.8 Å². The molecule has 4 nitrogen and oxygen atoms in total.